The summed E-state index contributed by atoms with van der Waals surface area (Å²) in [6.07, 6.45) is 4.20. The summed E-state index contributed by atoms with van der Waals surface area (Å²) in [5, 5.41) is 2.05. The van der Waals surface area contributed by atoms with Crippen LogP contribution in [0.2, 0.25) is 0 Å². The Balaban J connectivity index is 2.27. The zero-order valence-electron chi connectivity index (χ0n) is 11.7. The fourth-order valence-electron chi connectivity index (χ4n) is 2.38. The number of halogens is 1. The van der Waals surface area contributed by atoms with Crippen molar-refractivity contribution >= 4 is 10.8 Å². The third kappa shape index (κ3) is 3.54. The molecular weight excluding hydrogens is 239 g/mol. The minimum Gasteiger partial charge on any atom is -0.380 e. The molecular formula is C17H21FO. The Morgan fingerprint density at radius 2 is 1.89 bits per heavy atom. The van der Waals surface area contributed by atoms with E-state index < -0.39 is 0 Å². The van der Waals surface area contributed by atoms with Gasteiger partial charge in [-0.25, -0.2) is 4.39 Å². The van der Waals surface area contributed by atoms with Crippen molar-refractivity contribution in [2.24, 2.45) is 0 Å². The molecule has 0 saturated heterocycles. The molecule has 0 bridgehead atoms. The molecule has 102 valence electrons. The molecule has 2 heteroatoms. The van der Waals surface area contributed by atoms with E-state index in [-0.39, 0.29) is 5.82 Å². The Kier molecular flexibility index (Phi) is 4.92. The monoisotopic (exact) mass is 260 g/mol. The number of hydrogen-bond acceptors (Lipinski definition) is 1. The summed E-state index contributed by atoms with van der Waals surface area (Å²) in [5.41, 5.74) is 1.91. The van der Waals surface area contributed by atoms with Crippen LogP contribution in [0.4, 0.5) is 4.39 Å². The lowest BCUT2D eigenvalue weighted by Gasteiger charge is -2.07. The highest BCUT2D eigenvalue weighted by atomic mass is 19.1. The van der Waals surface area contributed by atoms with Gasteiger partial charge >= 0.3 is 0 Å². The first-order valence-corrected chi connectivity index (χ1v) is 6.94. The molecule has 0 radical (unpaired) electrons. The second-order valence-electron chi connectivity index (χ2n) is 5.02. The van der Waals surface area contributed by atoms with Gasteiger partial charge in [0.15, 0.2) is 0 Å². The number of benzene rings is 2. The van der Waals surface area contributed by atoms with Crippen LogP contribution in [0.1, 0.15) is 37.3 Å². The first-order valence-electron chi connectivity index (χ1n) is 6.94. The van der Waals surface area contributed by atoms with E-state index in [0.29, 0.717) is 6.61 Å². The van der Waals surface area contributed by atoms with Crippen LogP contribution in [0.25, 0.3) is 10.8 Å². The molecule has 0 fully saturated rings. The SMILES string of the molecule is CCCCCc1cc2ccc(COC)cc2cc1F. The van der Waals surface area contributed by atoms with E-state index in [2.05, 4.69) is 6.92 Å². The van der Waals surface area contributed by atoms with Gasteiger partial charge in [-0.3, -0.25) is 0 Å². The Bertz CT molecular complexity index is 548. The molecule has 2 aromatic rings. The van der Waals surface area contributed by atoms with E-state index in [1.165, 1.54) is 0 Å². The highest BCUT2D eigenvalue weighted by Crippen LogP contribution is 2.22. The van der Waals surface area contributed by atoms with Crippen molar-refractivity contribution in [1.29, 1.82) is 0 Å². The van der Waals surface area contributed by atoms with E-state index in [4.69, 9.17) is 4.74 Å². The molecule has 0 spiro atoms. The van der Waals surface area contributed by atoms with Gasteiger partial charge in [0.05, 0.1) is 6.61 Å². The fourth-order valence-corrected chi connectivity index (χ4v) is 2.38. The smallest absolute Gasteiger partial charge is 0.127 e. The maximum absolute atomic E-state index is 14.0. The Hall–Kier alpha value is -1.41. The Morgan fingerprint density at radius 1 is 1.05 bits per heavy atom. The largest absolute Gasteiger partial charge is 0.380 e. The van der Waals surface area contributed by atoms with E-state index in [1.54, 1.807) is 13.2 Å². The quantitative estimate of drug-likeness (QED) is 0.674. The van der Waals surface area contributed by atoms with Crippen LogP contribution in [-0.4, -0.2) is 7.11 Å². The van der Waals surface area contributed by atoms with Crippen LogP contribution in [-0.2, 0) is 17.8 Å². The van der Waals surface area contributed by atoms with Crippen LogP contribution in [0.15, 0.2) is 30.3 Å². The van der Waals surface area contributed by atoms with Crippen molar-refractivity contribution in [3.05, 3.63) is 47.3 Å². The van der Waals surface area contributed by atoms with Crippen molar-refractivity contribution in [3.63, 3.8) is 0 Å². The number of unbranched alkanes of at least 4 members (excludes halogenated alkanes) is 2. The van der Waals surface area contributed by atoms with Crippen molar-refractivity contribution in [2.45, 2.75) is 39.2 Å². The number of fused-ring (bicyclic) bond motifs is 1. The zero-order valence-corrected chi connectivity index (χ0v) is 11.7. The van der Waals surface area contributed by atoms with Gasteiger partial charge < -0.3 is 4.74 Å². The second kappa shape index (κ2) is 6.67. The molecule has 0 aliphatic rings. The van der Waals surface area contributed by atoms with E-state index in [1.807, 2.05) is 24.3 Å². The Morgan fingerprint density at radius 3 is 2.63 bits per heavy atom. The van der Waals surface area contributed by atoms with Gasteiger partial charge in [0.1, 0.15) is 5.82 Å². The summed E-state index contributed by atoms with van der Waals surface area (Å²) in [7, 11) is 1.67. The maximum Gasteiger partial charge on any atom is 0.127 e. The number of rotatable bonds is 6. The highest BCUT2D eigenvalue weighted by Gasteiger charge is 2.05. The molecule has 0 aliphatic carbocycles. The number of hydrogen-bond donors (Lipinski definition) is 0. The molecule has 0 unspecified atom stereocenters. The van der Waals surface area contributed by atoms with Crippen LogP contribution in [0.5, 0.6) is 0 Å². The fraction of sp³-hybridized carbons (Fsp3) is 0.412. The van der Waals surface area contributed by atoms with Gasteiger partial charge in [0.2, 0.25) is 0 Å². The van der Waals surface area contributed by atoms with E-state index in [9.17, 15) is 4.39 Å². The Labute approximate surface area is 114 Å². The summed E-state index contributed by atoms with van der Waals surface area (Å²) < 4.78 is 19.1. The normalized spacial score (nSPS) is 11.1. The third-order valence-electron chi connectivity index (χ3n) is 3.43. The molecule has 0 heterocycles. The van der Waals surface area contributed by atoms with Gasteiger partial charge in [-0.1, -0.05) is 31.9 Å². The molecule has 2 aromatic carbocycles. The minimum atomic E-state index is -0.0850. The first kappa shape index (κ1) is 14.0. The highest BCUT2D eigenvalue weighted by molar-refractivity contribution is 5.84. The van der Waals surface area contributed by atoms with Crippen LogP contribution < -0.4 is 0 Å². The summed E-state index contributed by atoms with van der Waals surface area (Å²) in [6, 6.07) is 9.72. The maximum atomic E-state index is 14.0. The summed E-state index contributed by atoms with van der Waals surface area (Å²) in [6.45, 7) is 2.73. The molecule has 0 N–H and O–H groups in total. The van der Waals surface area contributed by atoms with Gasteiger partial charge in [0.25, 0.3) is 0 Å². The third-order valence-corrected chi connectivity index (χ3v) is 3.43. The zero-order chi connectivity index (χ0) is 13.7. The number of ether oxygens (including phenoxy) is 1. The van der Waals surface area contributed by atoms with Gasteiger partial charge in [-0.15, -0.1) is 0 Å². The van der Waals surface area contributed by atoms with Crippen LogP contribution >= 0.6 is 0 Å². The summed E-state index contributed by atoms with van der Waals surface area (Å²) >= 11 is 0. The predicted octanol–water partition coefficient (Wildman–Crippen LogP) is 4.86. The van der Waals surface area contributed by atoms with Crippen LogP contribution in [0, 0.1) is 5.82 Å². The molecule has 0 aliphatic heterocycles. The average Bonchev–Trinajstić information content (AvgIpc) is 2.40. The van der Waals surface area contributed by atoms with Crippen molar-refractivity contribution < 1.29 is 9.13 Å². The van der Waals surface area contributed by atoms with Gasteiger partial charge in [-0.05, 0) is 52.9 Å². The lowest BCUT2D eigenvalue weighted by molar-refractivity contribution is 0.185. The van der Waals surface area contributed by atoms with Crippen molar-refractivity contribution in [2.75, 3.05) is 7.11 Å². The number of methoxy groups -OCH3 is 1. The van der Waals surface area contributed by atoms with Crippen LogP contribution in [0.3, 0.4) is 0 Å². The van der Waals surface area contributed by atoms with Crippen molar-refractivity contribution in [1.82, 2.24) is 0 Å². The lowest BCUT2D eigenvalue weighted by Crippen LogP contribution is -1.93. The molecule has 0 amide bonds. The molecule has 0 atom stereocenters. The van der Waals surface area contributed by atoms with E-state index in [0.717, 1.165) is 47.6 Å². The van der Waals surface area contributed by atoms with Crippen molar-refractivity contribution in [3.8, 4) is 0 Å². The standard InChI is InChI=1S/C17H21FO/c1-3-4-5-6-15-10-14-8-7-13(12-19-2)9-16(14)11-17(15)18/h7-11H,3-6,12H2,1-2H3. The molecule has 19 heavy (non-hydrogen) atoms. The van der Waals surface area contributed by atoms with Gasteiger partial charge in [-0.2, -0.15) is 0 Å². The molecule has 0 saturated carbocycles. The number of aryl methyl sites for hydroxylation is 1. The lowest BCUT2D eigenvalue weighted by atomic mass is 10.0. The van der Waals surface area contributed by atoms with Gasteiger partial charge in [0, 0.05) is 7.11 Å². The predicted molar refractivity (Wildman–Crippen MR) is 77.8 cm³/mol. The van der Waals surface area contributed by atoms with E-state index >= 15 is 0 Å². The topological polar surface area (TPSA) is 9.23 Å². The first-order chi connectivity index (χ1) is 9.24. The molecule has 0 aromatic heterocycles. The molecule has 1 nitrogen and oxygen atoms in total. The average molecular weight is 260 g/mol. The summed E-state index contributed by atoms with van der Waals surface area (Å²) in [4.78, 5) is 0. The second-order valence-corrected chi connectivity index (χ2v) is 5.02. The summed E-state index contributed by atoms with van der Waals surface area (Å²) in [5.74, 6) is -0.0850. The molecule has 2 rings (SSSR count). The minimum absolute atomic E-state index is 0.0850.